The summed E-state index contributed by atoms with van der Waals surface area (Å²) in [4.78, 5) is 0. The van der Waals surface area contributed by atoms with Gasteiger partial charge in [0.15, 0.2) is 11.5 Å². The Morgan fingerprint density at radius 3 is 2.85 bits per heavy atom. The highest BCUT2D eigenvalue weighted by atomic mass is 16.5. The normalized spacial score (nSPS) is 9.69. The van der Waals surface area contributed by atoms with Gasteiger partial charge in [-0.1, -0.05) is 12.1 Å². The summed E-state index contributed by atoms with van der Waals surface area (Å²) in [5.74, 6) is 1.32. The molecule has 0 aromatic heterocycles. The summed E-state index contributed by atoms with van der Waals surface area (Å²) in [7, 11) is 3.23. The van der Waals surface area contributed by atoms with Gasteiger partial charge in [-0.15, -0.1) is 0 Å². The summed E-state index contributed by atoms with van der Waals surface area (Å²) in [6.07, 6.45) is 0. The van der Waals surface area contributed by atoms with Gasteiger partial charge in [0.1, 0.15) is 6.61 Å². The number of ether oxygens (including phenoxy) is 3. The Balaban J connectivity index is 2.54. The highest BCUT2D eigenvalue weighted by Crippen LogP contribution is 2.24. The average molecular weight is 181 g/mol. The monoisotopic (exact) mass is 181 g/mol. The van der Waals surface area contributed by atoms with Crippen LogP contribution in [0.5, 0.6) is 11.5 Å². The van der Waals surface area contributed by atoms with E-state index in [0.717, 1.165) is 0 Å². The number of rotatable bonds is 5. The molecule has 1 radical (unpaired) electrons. The highest BCUT2D eigenvalue weighted by molar-refractivity contribution is 5.38. The van der Waals surface area contributed by atoms with E-state index in [4.69, 9.17) is 14.2 Å². The summed E-state index contributed by atoms with van der Waals surface area (Å²) < 4.78 is 15.3. The molecule has 0 aliphatic heterocycles. The molecule has 0 unspecified atom stereocenters. The van der Waals surface area contributed by atoms with E-state index in [1.807, 2.05) is 12.1 Å². The number of benzene rings is 1. The predicted molar refractivity (Wildman–Crippen MR) is 49.2 cm³/mol. The van der Waals surface area contributed by atoms with Crippen LogP contribution < -0.4 is 9.47 Å². The Bertz CT molecular complexity index is 248. The Labute approximate surface area is 78.2 Å². The van der Waals surface area contributed by atoms with Gasteiger partial charge in [-0.3, -0.25) is 0 Å². The van der Waals surface area contributed by atoms with Crippen molar-refractivity contribution in [2.24, 2.45) is 0 Å². The third kappa shape index (κ3) is 2.95. The van der Waals surface area contributed by atoms with Crippen molar-refractivity contribution in [1.29, 1.82) is 0 Å². The van der Waals surface area contributed by atoms with E-state index in [2.05, 4.69) is 6.07 Å². The SMILES string of the molecule is COCCOc1ccc[c]c1OC. The molecule has 0 spiro atoms. The molecule has 1 rings (SSSR count). The quantitative estimate of drug-likeness (QED) is 0.644. The molecule has 71 valence electrons. The fourth-order valence-corrected chi connectivity index (χ4v) is 0.914. The van der Waals surface area contributed by atoms with E-state index >= 15 is 0 Å². The van der Waals surface area contributed by atoms with Crippen LogP contribution in [0.4, 0.5) is 0 Å². The smallest absolute Gasteiger partial charge is 0.168 e. The van der Waals surface area contributed by atoms with Crippen molar-refractivity contribution in [3.05, 3.63) is 24.3 Å². The van der Waals surface area contributed by atoms with Crippen LogP contribution >= 0.6 is 0 Å². The number of hydrogen-bond donors (Lipinski definition) is 0. The van der Waals surface area contributed by atoms with Crippen LogP contribution in [0.25, 0.3) is 0 Å². The van der Waals surface area contributed by atoms with Gasteiger partial charge in [0.2, 0.25) is 0 Å². The zero-order valence-corrected chi connectivity index (χ0v) is 7.87. The van der Waals surface area contributed by atoms with Crippen molar-refractivity contribution in [2.75, 3.05) is 27.4 Å². The molecule has 0 bridgehead atoms. The molecule has 0 atom stereocenters. The van der Waals surface area contributed by atoms with Gasteiger partial charge in [0.25, 0.3) is 0 Å². The minimum Gasteiger partial charge on any atom is -0.492 e. The first-order chi connectivity index (χ1) is 6.38. The topological polar surface area (TPSA) is 27.7 Å². The summed E-state index contributed by atoms with van der Waals surface area (Å²) >= 11 is 0. The van der Waals surface area contributed by atoms with E-state index < -0.39 is 0 Å². The molecule has 0 fully saturated rings. The molecule has 3 nitrogen and oxygen atoms in total. The first-order valence-electron chi connectivity index (χ1n) is 4.05. The summed E-state index contributed by atoms with van der Waals surface area (Å²) in [5.41, 5.74) is 0. The Morgan fingerprint density at radius 1 is 1.31 bits per heavy atom. The lowest BCUT2D eigenvalue weighted by Crippen LogP contribution is -2.05. The predicted octanol–water partition coefficient (Wildman–Crippen LogP) is 1.52. The molecular formula is C10H13O3. The first-order valence-corrected chi connectivity index (χ1v) is 4.05. The zero-order chi connectivity index (χ0) is 9.52. The van der Waals surface area contributed by atoms with E-state index in [1.54, 1.807) is 20.3 Å². The van der Waals surface area contributed by atoms with Gasteiger partial charge >= 0.3 is 0 Å². The fourth-order valence-electron chi connectivity index (χ4n) is 0.914. The van der Waals surface area contributed by atoms with Crippen LogP contribution in [0.2, 0.25) is 0 Å². The van der Waals surface area contributed by atoms with Crippen LogP contribution in [0.15, 0.2) is 18.2 Å². The highest BCUT2D eigenvalue weighted by Gasteiger charge is 2.01. The Kier molecular flexibility index (Phi) is 4.12. The van der Waals surface area contributed by atoms with Crippen LogP contribution in [0.1, 0.15) is 0 Å². The molecule has 0 saturated heterocycles. The van der Waals surface area contributed by atoms with Gasteiger partial charge in [-0.25, -0.2) is 0 Å². The minimum absolute atomic E-state index is 0.519. The van der Waals surface area contributed by atoms with Gasteiger partial charge in [-0.2, -0.15) is 0 Å². The third-order valence-corrected chi connectivity index (χ3v) is 1.53. The van der Waals surface area contributed by atoms with Crippen LogP contribution in [0.3, 0.4) is 0 Å². The molecule has 0 aliphatic carbocycles. The lowest BCUT2D eigenvalue weighted by atomic mass is 10.3. The summed E-state index contributed by atoms with van der Waals surface area (Å²) in [6.45, 7) is 1.09. The van der Waals surface area contributed by atoms with Crippen molar-refractivity contribution in [1.82, 2.24) is 0 Å². The van der Waals surface area contributed by atoms with Gasteiger partial charge in [0.05, 0.1) is 13.7 Å². The lowest BCUT2D eigenvalue weighted by Gasteiger charge is -2.08. The van der Waals surface area contributed by atoms with Crippen molar-refractivity contribution >= 4 is 0 Å². The maximum atomic E-state index is 5.39. The molecule has 0 aliphatic rings. The van der Waals surface area contributed by atoms with Gasteiger partial charge < -0.3 is 14.2 Å². The minimum atomic E-state index is 0.519. The maximum absolute atomic E-state index is 5.39. The Morgan fingerprint density at radius 2 is 2.15 bits per heavy atom. The van der Waals surface area contributed by atoms with Crippen molar-refractivity contribution in [3.63, 3.8) is 0 Å². The zero-order valence-electron chi connectivity index (χ0n) is 7.87. The molecule has 0 saturated carbocycles. The fraction of sp³-hybridized carbons (Fsp3) is 0.400. The molecular weight excluding hydrogens is 168 g/mol. The Hall–Kier alpha value is -1.22. The van der Waals surface area contributed by atoms with E-state index in [1.165, 1.54) is 0 Å². The number of hydrogen-bond acceptors (Lipinski definition) is 3. The average Bonchev–Trinajstić information content (AvgIpc) is 2.19. The van der Waals surface area contributed by atoms with Crippen molar-refractivity contribution < 1.29 is 14.2 Å². The van der Waals surface area contributed by atoms with Crippen molar-refractivity contribution in [2.45, 2.75) is 0 Å². The number of methoxy groups -OCH3 is 2. The molecule has 0 heterocycles. The van der Waals surface area contributed by atoms with Gasteiger partial charge in [0, 0.05) is 13.2 Å². The molecule has 13 heavy (non-hydrogen) atoms. The molecule has 0 N–H and O–H groups in total. The lowest BCUT2D eigenvalue weighted by molar-refractivity contribution is 0.144. The molecule has 0 amide bonds. The third-order valence-electron chi connectivity index (χ3n) is 1.53. The summed E-state index contributed by atoms with van der Waals surface area (Å²) in [5, 5.41) is 0. The van der Waals surface area contributed by atoms with Gasteiger partial charge in [-0.05, 0) is 6.07 Å². The summed E-state index contributed by atoms with van der Waals surface area (Å²) in [6, 6.07) is 8.40. The molecule has 3 heteroatoms. The number of para-hydroxylation sites is 1. The molecule has 1 aromatic rings. The first kappa shape index (κ1) is 9.86. The second kappa shape index (κ2) is 5.43. The van der Waals surface area contributed by atoms with Crippen LogP contribution in [0, 0.1) is 6.07 Å². The van der Waals surface area contributed by atoms with Crippen molar-refractivity contribution in [3.8, 4) is 11.5 Å². The maximum Gasteiger partial charge on any atom is 0.168 e. The van der Waals surface area contributed by atoms with E-state index in [0.29, 0.717) is 24.7 Å². The largest absolute Gasteiger partial charge is 0.492 e. The van der Waals surface area contributed by atoms with E-state index in [9.17, 15) is 0 Å². The second-order valence-electron chi connectivity index (χ2n) is 2.41. The van der Waals surface area contributed by atoms with Crippen LogP contribution in [-0.2, 0) is 4.74 Å². The van der Waals surface area contributed by atoms with E-state index in [-0.39, 0.29) is 0 Å². The standard InChI is InChI=1S/C10H13O3/c1-11-7-8-13-10-6-4-3-5-9(10)12-2/h3-4,6H,7-8H2,1-2H3. The second-order valence-corrected chi connectivity index (χ2v) is 2.41. The molecule has 1 aromatic carbocycles. The van der Waals surface area contributed by atoms with Crippen LogP contribution in [-0.4, -0.2) is 27.4 Å².